The number of carbonyl (C=O) groups excluding carboxylic acids is 2. The molecule has 0 aromatic heterocycles. The molecule has 0 radical (unpaired) electrons. The Hall–Kier alpha value is -2.66. The van der Waals surface area contributed by atoms with E-state index in [0.717, 1.165) is 12.0 Å². The Morgan fingerprint density at radius 3 is 2.32 bits per heavy atom. The molecule has 0 bridgehead atoms. The summed E-state index contributed by atoms with van der Waals surface area (Å²) in [5, 5.41) is 3.04. The van der Waals surface area contributed by atoms with Gasteiger partial charge < -0.3 is 16.0 Å². The van der Waals surface area contributed by atoms with Crippen LogP contribution in [0.1, 0.15) is 48.7 Å². The third-order valence-electron chi connectivity index (χ3n) is 5.59. The van der Waals surface area contributed by atoms with Crippen molar-refractivity contribution in [1.82, 2.24) is 10.2 Å². The molecule has 5 nitrogen and oxygen atoms in total. The van der Waals surface area contributed by atoms with Gasteiger partial charge in [0.2, 0.25) is 5.91 Å². The molecule has 2 amide bonds. The second-order valence-corrected chi connectivity index (χ2v) is 8.21. The highest BCUT2D eigenvalue weighted by atomic mass is 16.2. The third kappa shape index (κ3) is 4.78. The lowest BCUT2D eigenvalue weighted by Gasteiger charge is -2.43. The molecule has 1 heterocycles. The molecule has 1 saturated heterocycles. The number of hydrogen-bond acceptors (Lipinski definition) is 3. The molecule has 1 fully saturated rings. The second kappa shape index (κ2) is 8.57. The quantitative estimate of drug-likeness (QED) is 0.838. The molecule has 5 heteroatoms. The second-order valence-electron chi connectivity index (χ2n) is 8.21. The van der Waals surface area contributed by atoms with Gasteiger partial charge in [-0.25, -0.2) is 0 Å². The smallest absolute Gasteiger partial charge is 0.251 e. The number of amides is 2. The van der Waals surface area contributed by atoms with Crippen molar-refractivity contribution in [3.63, 3.8) is 0 Å². The number of hydrogen-bond donors (Lipinski definition) is 2. The van der Waals surface area contributed by atoms with E-state index in [1.54, 1.807) is 12.1 Å². The number of benzene rings is 2. The van der Waals surface area contributed by atoms with E-state index in [9.17, 15) is 9.59 Å². The molecule has 2 aromatic carbocycles. The molecule has 3 rings (SSSR count). The molecule has 28 heavy (non-hydrogen) atoms. The van der Waals surface area contributed by atoms with E-state index in [1.807, 2.05) is 53.4 Å². The zero-order chi connectivity index (χ0) is 20.1. The molecule has 1 aliphatic rings. The van der Waals surface area contributed by atoms with E-state index in [4.69, 9.17) is 5.73 Å². The zero-order valence-corrected chi connectivity index (χ0v) is 16.6. The van der Waals surface area contributed by atoms with Crippen molar-refractivity contribution in [3.05, 3.63) is 71.8 Å². The first kappa shape index (κ1) is 20.1. The predicted molar refractivity (Wildman–Crippen MR) is 111 cm³/mol. The Labute approximate surface area is 166 Å². The maximum atomic E-state index is 13.0. The summed E-state index contributed by atoms with van der Waals surface area (Å²) in [5.74, 6) is -0.134. The minimum absolute atomic E-state index is 0.0437. The SMILES string of the molecule is CC1(C)CN(C(=O)CC(NC(=O)c2ccccc2)c2ccccc2)CCC1N. The van der Waals surface area contributed by atoms with Crippen LogP contribution in [0.25, 0.3) is 0 Å². The van der Waals surface area contributed by atoms with E-state index in [0.29, 0.717) is 18.7 Å². The fourth-order valence-corrected chi connectivity index (χ4v) is 3.66. The van der Waals surface area contributed by atoms with Crippen LogP contribution in [0.15, 0.2) is 60.7 Å². The molecule has 0 aliphatic carbocycles. The van der Waals surface area contributed by atoms with Crippen molar-refractivity contribution >= 4 is 11.8 Å². The van der Waals surface area contributed by atoms with Crippen LogP contribution < -0.4 is 11.1 Å². The standard InChI is InChI=1S/C23H29N3O2/c1-23(2)16-26(14-13-20(23)24)21(27)15-19(17-9-5-3-6-10-17)25-22(28)18-11-7-4-8-12-18/h3-12,19-20H,13-16,24H2,1-2H3,(H,25,28). The molecule has 0 saturated carbocycles. The van der Waals surface area contributed by atoms with Gasteiger partial charge in [0.25, 0.3) is 5.91 Å². The van der Waals surface area contributed by atoms with Gasteiger partial charge in [-0.05, 0) is 29.5 Å². The summed E-state index contributed by atoms with van der Waals surface area (Å²) in [7, 11) is 0. The first-order valence-electron chi connectivity index (χ1n) is 9.81. The zero-order valence-electron chi connectivity index (χ0n) is 16.6. The summed E-state index contributed by atoms with van der Waals surface area (Å²) >= 11 is 0. The topological polar surface area (TPSA) is 75.4 Å². The van der Waals surface area contributed by atoms with E-state index in [-0.39, 0.29) is 35.7 Å². The van der Waals surface area contributed by atoms with Gasteiger partial charge in [0, 0.05) is 24.7 Å². The minimum Gasteiger partial charge on any atom is -0.345 e. The highest BCUT2D eigenvalue weighted by Crippen LogP contribution is 2.29. The van der Waals surface area contributed by atoms with Gasteiger partial charge in [-0.3, -0.25) is 9.59 Å². The molecule has 2 unspecified atom stereocenters. The lowest BCUT2D eigenvalue weighted by atomic mass is 9.79. The molecular weight excluding hydrogens is 350 g/mol. The molecule has 1 aliphatic heterocycles. The molecule has 0 spiro atoms. The van der Waals surface area contributed by atoms with Crippen LogP contribution in [-0.4, -0.2) is 35.8 Å². The van der Waals surface area contributed by atoms with Crippen LogP contribution in [-0.2, 0) is 4.79 Å². The van der Waals surface area contributed by atoms with Gasteiger partial charge in [-0.2, -0.15) is 0 Å². The molecule has 2 atom stereocenters. The fraction of sp³-hybridized carbons (Fsp3) is 0.391. The van der Waals surface area contributed by atoms with Gasteiger partial charge in [-0.1, -0.05) is 62.4 Å². The van der Waals surface area contributed by atoms with Crippen molar-refractivity contribution in [2.24, 2.45) is 11.1 Å². The number of likely N-dealkylation sites (tertiary alicyclic amines) is 1. The number of nitrogens with zero attached hydrogens (tertiary/aromatic N) is 1. The van der Waals surface area contributed by atoms with Gasteiger partial charge in [0.05, 0.1) is 12.5 Å². The third-order valence-corrected chi connectivity index (χ3v) is 5.59. The first-order valence-corrected chi connectivity index (χ1v) is 9.81. The lowest BCUT2D eigenvalue weighted by Crippen LogP contribution is -2.54. The van der Waals surface area contributed by atoms with E-state index in [2.05, 4.69) is 19.2 Å². The average molecular weight is 380 g/mol. The highest BCUT2D eigenvalue weighted by molar-refractivity contribution is 5.94. The summed E-state index contributed by atoms with van der Waals surface area (Å²) in [4.78, 5) is 27.6. The molecule has 2 aromatic rings. The van der Waals surface area contributed by atoms with Crippen molar-refractivity contribution in [2.75, 3.05) is 13.1 Å². The van der Waals surface area contributed by atoms with Crippen LogP contribution in [0.4, 0.5) is 0 Å². The maximum absolute atomic E-state index is 13.0. The van der Waals surface area contributed by atoms with Crippen LogP contribution in [0.3, 0.4) is 0 Å². The van der Waals surface area contributed by atoms with Crippen molar-refractivity contribution in [2.45, 2.75) is 38.8 Å². The predicted octanol–water partition coefficient (Wildman–Crippen LogP) is 3.13. The highest BCUT2D eigenvalue weighted by Gasteiger charge is 2.36. The lowest BCUT2D eigenvalue weighted by molar-refractivity contribution is -0.135. The summed E-state index contributed by atoms with van der Waals surface area (Å²) in [5.41, 5.74) is 7.60. The Bertz CT molecular complexity index is 805. The number of nitrogens with one attached hydrogen (secondary N) is 1. The fourth-order valence-electron chi connectivity index (χ4n) is 3.66. The molecular formula is C23H29N3O2. The van der Waals surface area contributed by atoms with Gasteiger partial charge in [-0.15, -0.1) is 0 Å². The Morgan fingerprint density at radius 1 is 1.11 bits per heavy atom. The normalized spacial score (nSPS) is 19.7. The number of nitrogens with two attached hydrogens (primary N) is 1. The largest absolute Gasteiger partial charge is 0.345 e. The summed E-state index contributed by atoms with van der Waals surface area (Å²) < 4.78 is 0. The monoisotopic (exact) mass is 379 g/mol. The Morgan fingerprint density at radius 2 is 1.71 bits per heavy atom. The minimum atomic E-state index is -0.375. The van der Waals surface area contributed by atoms with Gasteiger partial charge in [0.1, 0.15) is 0 Å². The van der Waals surface area contributed by atoms with E-state index >= 15 is 0 Å². The van der Waals surface area contributed by atoms with Gasteiger partial charge >= 0.3 is 0 Å². The summed E-state index contributed by atoms with van der Waals surface area (Å²) in [6, 6.07) is 18.5. The van der Waals surface area contributed by atoms with Crippen LogP contribution >= 0.6 is 0 Å². The number of carbonyl (C=O) groups is 2. The molecule has 148 valence electrons. The van der Waals surface area contributed by atoms with Crippen LogP contribution in [0, 0.1) is 5.41 Å². The van der Waals surface area contributed by atoms with Crippen molar-refractivity contribution in [1.29, 1.82) is 0 Å². The summed E-state index contributed by atoms with van der Waals surface area (Å²) in [6.45, 7) is 5.50. The van der Waals surface area contributed by atoms with E-state index in [1.165, 1.54) is 0 Å². The van der Waals surface area contributed by atoms with Crippen molar-refractivity contribution in [3.8, 4) is 0 Å². The van der Waals surface area contributed by atoms with E-state index < -0.39 is 0 Å². The van der Waals surface area contributed by atoms with Crippen molar-refractivity contribution < 1.29 is 9.59 Å². The van der Waals surface area contributed by atoms with Crippen LogP contribution in [0.2, 0.25) is 0 Å². The Kier molecular flexibility index (Phi) is 6.15. The number of rotatable bonds is 5. The Balaban J connectivity index is 1.74. The maximum Gasteiger partial charge on any atom is 0.251 e. The summed E-state index contributed by atoms with van der Waals surface area (Å²) in [6.07, 6.45) is 1.03. The average Bonchev–Trinajstić information content (AvgIpc) is 2.70. The van der Waals surface area contributed by atoms with Gasteiger partial charge in [0.15, 0.2) is 0 Å². The molecule has 3 N–H and O–H groups in total. The number of piperidine rings is 1. The van der Waals surface area contributed by atoms with Crippen LogP contribution in [0.5, 0.6) is 0 Å². The first-order chi connectivity index (χ1) is 13.4.